The lowest BCUT2D eigenvalue weighted by atomic mass is 9.46. The van der Waals surface area contributed by atoms with E-state index in [0.29, 0.717) is 17.8 Å². The van der Waals surface area contributed by atoms with Crippen LogP contribution in [-0.2, 0) is 16.0 Å². The first-order chi connectivity index (χ1) is 14.8. The van der Waals surface area contributed by atoms with Gasteiger partial charge in [-0.25, -0.2) is 0 Å². The van der Waals surface area contributed by atoms with Crippen LogP contribution in [-0.4, -0.2) is 29.8 Å². The molecule has 31 heavy (non-hydrogen) atoms. The van der Waals surface area contributed by atoms with Crippen molar-refractivity contribution in [2.75, 3.05) is 7.05 Å². The second kappa shape index (κ2) is 7.37. The van der Waals surface area contributed by atoms with Crippen LogP contribution in [0, 0.1) is 34.5 Å². The predicted octanol–water partition coefficient (Wildman–Crippen LogP) is 4.60. The van der Waals surface area contributed by atoms with E-state index in [2.05, 4.69) is 25.1 Å². The van der Waals surface area contributed by atoms with E-state index in [1.165, 1.54) is 5.56 Å². The molecule has 1 heterocycles. The van der Waals surface area contributed by atoms with E-state index in [0.717, 1.165) is 50.0 Å². The molecule has 0 spiro atoms. The summed E-state index contributed by atoms with van der Waals surface area (Å²) in [6.45, 7) is 2.36. The van der Waals surface area contributed by atoms with E-state index in [-0.39, 0.29) is 34.6 Å². The van der Waals surface area contributed by atoms with Gasteiger partial charge in [-0.05, 0) is 91.9 Å². The summed E-state index contributed by atoms with van der Waals surface area (Å²) in [7, 11) is 1.96. The minimum atomic E-state index is -0.127. The number of likely N-dealkylation sites (N-methyl/N-ethyl adjacent to an activating group) is 1. The number of carbonyl (C=O) groups excluding carboxylic acids is 2. The van der Waals surface area contributed by atoms with Gasteiger partial charge in [0.05, 0.1) is 0 Å². The topological polar surface area (TPSA) is 63.4 Å². The molecule has 2 amide bonds. The number of halogens is 1. The fourth-order valence-electron chi connectivity index (χ4n) is 8.30. The third-order valence-corrected chi connectivity index (χ3v) is 9.89. The number of fused-ring (bicyclic) bond motifs is 5. The first kappa shape index (κ1) is 21.1. The smallest absolute Gasteiger partial charge is 0.246 e. The Morgan fingerprint density at radius 2 is 1.87 bits per heavy atom. The normalized spacial score (nSPS) is 41.5. The van der Waals surface area contributed by atoms with Crippen LogP contribution in [0.4, 0.5) is 0 Å². The van der Waals surface area contributed by atoms with Crippen molar-refractivity contribution in [1.29, 1.82) is 0 Å². The molecule has 0 aromatic heterocycles. The number of amides is 2. The zero-order valence-corrected chi connectivity index (χ0v) is 19.3. The number of hydrogen-bond donors (Lipinski definition) is 1. The molecule has 5 heteroatoms. The van der Waals surface area contributed by atoms with Crippen molar-refractivity contribution in [3.05, 3.63) is 47.0 Å². The highest BCUT2D eigenvalue weighted by molar-refractivity contribution is 6.30. The van der Waals surface area contributed by atoms with Crippen LogP contribution >= 0.6 is 11.6 Å². The molecule has 3 saturated carbocycles. The van der Waals surface area contributed by atoms with Crippen LogP contribution in [0.2, 0.25) is 5.02 Å². The summed E-state index contributed by atoms with van der Waals surface area (Å²) in [5.41, 5.74) is 7.20. The molecule has 2 N–H and O–H groups in total. The van der Waals surface area contributed by atoms with Crippen LogP contribution in [0.5, 0.6) is 0 Å². The van der Waals surface area contributed by atoms with E-state index in [1.54, 1.807) is 6.08 Å². The maximum atomic E-state index is 12.6. The molecule has 0 unspecified atom stereocenters. The number of benzene rings is 1. The fourth-order valence-corrected chi connectivity index (χ4v) is 8.43. The van der Waals surface area contributed by atoms with Crippen LogP contribution < -0.4 is 5.73 Å². The molecule has 166 valence electrons. The highest BCUT2D eigenvalue weighted by Gasteiger charge is 2.62. The van der Waals surface area contributed by atoms with Crippen LogP contribution in [0.25, 0.3) is 0 Å². The number of nitrogens with zero attached hydrogens (tertiary/aromatic N) is 1. The highest BCUT2D eigenvalue weighted by atomic mass is 35.5. The Morgan fingerprint density at radius 3 is 2.58 bits per heavy atom. The Labute approximate surface area is 190 Å². The summed E-state index contributed by atoms with van der Waals surface area (Å²) in [6, 6.07) is 8.41. The largest absolute Gasteiger partial charge is 0.369 e. The Kier molecular flexibility index (Phi) is 5.00. The fraction of sp³-hybridized carbons (Fsp3) is 0.615. The average molecular weight is 441 g/mol. The Bertz CT molecular complexity index is 928. The molecular weight excluding hydrogens is 408 g/mol. The molecule has 0 radical (unpaired) electrons. The summed E-state index contributed by atoms with van der Waals surface area (Å²) in [5.74, 6) is 1.59. The van der Waals surface area contributed by atoms with Gasteiger partial charge in [0.25, 0.3) is 0 Å². The number of rotatable bonds is 3. The summed E-state index contributed by atoms with van der Waals surface area (Å²) < 4.78 is 0. The monoisotopic (exact) mass is 440 g/mol. The number of nitrogens with two attached hydrogens (primary N) is 1. The van der Waals surface area contributed by atoms with Crippen molar-refractivity contribution in [3.8, 4) is 0 Å². The molecule has 7 atom stereocenters. The van der Waals surface area contributed by atoms with Crippen LogP contribution in [0.3, 0.4) is 0 Å². The third kappa shape index (κ3) is 3.08. The van der Waals surface area contributed by atoms with Crippen LogP contribution in [0.1, 0.15) is 51.0 Å². The van der Waals surface area contributed by atoms with E-state index in [1.807, 2.05) is 24.1 Å². The van der Waals surface area contributed by atoms with Crippen molar-refractivity contribution < 1.29 is 9.59 Å². The van der Waals surface area contributed by atoms with E-state index in [9.17, 15) is 9.59 Å². The maximum Gasteiger partial charge on any atom is 0.246 e. The van der Waals surface area contributed by atoms with Crippen molar-refractivity contribution in [2.24, 2.45) is 40.2 Å². The van der Waals surface area contributed by atoms with Crippen molar-refractivity contribution >= 4 is 23.4 Å². The van der Waals surface area contributed by atoms with Gasteiger partial charge in [0, 0.05) is 29.4 Å². The van der Waals surface area contributed by atoms with Crippen molar-refractivity contribution in [3.63, 3.8) is 0 Å². The van der Waals surface area contributed by atoms with Gasteiger partial charge in [0.1, 0.15) is 0 Å². The zero-order valence-electron chi connectivity index (χ0n) is 18.5. The second-order valence-electron chi connectivity index (χ2n) is 10.7. The van der Waals surface area contributed by atoms with Crippen LogP contribution in [0.15, 0.2) is 36.4 Å². The Balaban J connectivity index is 1.51. The summed E-state index contributed by atoms with van der Waals surface area (Å²) >= 11 is 6.13. The summed E-state index contributed by atoms with van der Waals surface area (Å²) in [4.78, 5) is 26.9. The van der Waals surface area contributed by atoms with Crippen molar-refractivity contribution in [2.45, 2.75) is 57.9 Å². The standard InChI is InChI=1S/C26H33ClN2O2/c1-25-13-12-23(30)29(2)22(25)10-7-18-19(25)11-14-26(15-16-3-5-17(27)6-4-16)20(18)8-9-21(26)24(28)31/h3-6,12-13,18-22H,7-11,14-15H2,1-2H3,(H2,28,31)/t18-,19+,20+,21-,22-,25-,26-/m1/s1. The third-order valence-electron chi connectivity index (χ3n) is 9.63. The molecule has 1 aliphatic heterocycles. The van der Waals surface area contributed by atoms with Gasteiger partial charge in [-0.3, -0.25) is 9.59 Å². The molecule has 1 aromatic rings. The molecule has 4 nitrogen and oxygen atoms in total. The molecule has 4 aliphatic rings. The molecule has 5 rings (SSSR count). The van der Waals surface area contributed by atoms with Gasteiger partial charge in [0.15, 0.2) is 0 Å². The van der Waals surface area contributed by atoms with Gasteiger partial charge in [-0.15, -0.1) is 0 Å². The minimum Gasteiger partial charge on any atom is -0.369 e. The predicted molar refractivity (Wildman–Crippen MR) is 122 cm³/mol. The van der Waals surface area contributed by atoms with E-state index in [4.69, 9.17) is 17.3 Å². The van der Waals surface area contributed by atoms with Gasteiger partial charge in [0.2, 0.25) is 11.8 Å². The Hall–Kier alpha value is -1.81. The van der Waals surface area contributed by atoms with Gasteiger partial charge in [-0.1, -0.05) is 36.7 Å². The summed E-state index contributed by atoms with van der Waals surface area (Å²) in [5, 5.41) is 0.744. The molecule has 3 aliphatic carbocycles. The number of primary amides is 1. The first-order valence-corrected chi connectivity index (χ1v) is 12.1. The molecule has 0 bridgehead atoms. The second-order valence-corrected chi connectivity index (χ2v) is 11.2. The van der Waals surface area contributed by atoms with Gasteiger partial charge >= 0.3 is 0 Å². The SMILES string of the molecule is CN1C(=O)C=C[C@]2(C)[C@H]3CC[C@]4(Cc5ccc(Cl)cc5)[C@@H](C(N)=O)CC[C@H]4[C@@H]3CC[C@@H]12. The highest BCUT2D eigenvalue weighted by Crippen LogP contribution is 2.66. The lowest BCUT2D eigenvalue weighted by molar-refractivity contribution is -0.142. The van der Waals surface area contributed by atoms with E-state index < -0.39 is 0 Å². The van der Waals surface area contributed by atoms with Gasteiger partial charge < -0.3 is 10.6 Å². The maximum absolute atomic E-state index is 12.6. The summed E-state index contributed by atoms with van der Waals surface area (Å²) in [6.07, 6.45) is 11.2. The minimum absolute atomic E-state index is 0.0167. The average Bonchev–Trinajstić information content (AvgIpc) is 3.12. The molecule has 3 fully saturated rings. The van der Waals surface area contributed by atoms with Crippen molar-refractivity contribution in [1.82, 2.24) is 4.90 Å². The molecule has 0 saturated heterocycles. The van der Waals surface area contributed by atoms with Gasteiger partial charge in [-0.2, -0.15) is 0 Å². The quantitative estimate of drug-likeness (QED) is 0.746. The zero-order chi connectivity index (χ0) is 22.0. The number of carbonyl (C=O) groups is 2. The van der Waals surface area contributed by atoms with E-state index >= 15 is 0 Å². The number of hydrogen-bond acceptors (Lipinski definition) is 2. The molecular formula is C26H33ClN2O2. The lowest BCUT2D eigenvalue weighted by Gasteiger charge is -2.60. The first-order valence-electron chi connectivity index (χ1n) is 11.8. The Morgan fingerprint density at radius 1 is 1.13 bits per heavy atom. The lowest BCUT2D eigenvalue weighted by Crippen LogP contribution is -2.60. The molecule has 1 aromatic carbocycles.